The number of thioether (sulfide) groups is 1. The summed E-state index contributed by atoms with van der Waals surface area (Å²) in [6.07, 6.45) is 3.06. The van der Waals surface area contributed by atoms with Gasteiger partial charge in [-0.3, -0.25) is 0 Å². The van der Waals surface area contributed by atoms with Gasteiger partial charge in [-0.25, -0.2) is 5.10 Å². The molecule has 0 aliphatic rings. The van der Waals surface area contributed by atoms with Crippen LogP contribution in [-0.2, 0) is 18.6 Å². The minimum atomic E-state index is 0.335. The molecule has 22 heavy (non-hydrogen) atoms. The highest BCUT2D eigenvalue weighted by molar-refractivity contribution is 7.98. The number of aryl methyl sites for hydroxylation is 1. The molecule has 0 bridgehead atoms. The molecule has 0 aliphatic heterocycles. The van der Waals surface area contributed by atoms with Gasteiger partial charge in [0.15, 0.2) is 0 Å². The average molecular weight is 338 g/mol. The fourth-order valence-corrected chi connectivity index (χ4v) is 3.21. The highest BCUT2D eigenvalue weighted by Crippen LogP contribution is 2.24. The number of benzene rings is 1. The van der Waals surface area contributed by atoms with Crippen LogP contribution in [0.25, 0.3) is 0 Å². The fraction of sp³-hybridized carbons (Fsp3) is 0.500. The first-order valence-electron chi connectivity index (χ1n) is 7.60. The minimum absolute atomic E-state index is 0.335. The molecule has 1 N–H and O–H groups in total. The van der Waals surface area contributed by atoms with Gasteiger partial charge in [0, 0.05) is 0 Å². The van der Waals surface area contributed by atoms with Crippen LogP contribution in [0.4, 0.5) is 0 Å². The lowest BCUT2D eigenvalue weighted by Gasteiger charge is -2.13. The van der Waals surface area contributed by atoms with Crippen LogP contribution in [0.3, 0.4) is 0 Å². The van der Waals surface area contributed by atoms with Crippen molar-refractivity contribution in [2.45, 2.75) is 38.9 Å². The van der Waals surface area contributed by atoms with Crippen molar-refractivity contribution < 1.29 is 9.15 Å². The van der Waals surface area contributed by atoms with Crippen molar-refractivity contribution in [3.63, 3.8) is 0 Å². The summed E-state index contributed by atoms with van der Waals surface area (Å²) in [6, 6.07) is 6.33. The van der Waals surface area contributed by atoms with E-state index in [0.717, 1.165) is 43.1 Å². The van der Waals surface area contributed by atoms with E-state index in [0.29, 0.717) is 10.7 Å². The van der Waals surface area contributed by atoms with Gasteiger partial charge in [-0.2, -0.15) is 11.8 Å². The van der Waals surface area contributed by atoms with Gasteiger partial charge in [-0.1, -0.05) is 26.0 Å². The largest absolute Gasteiger partial charge is 0.493 e. The Morgan fingerprint density at radius 1 is 1.32 bits per heavy atom. The van der Waals surface area contributed by atoms with Crippen molar-refractivity contribution in [3.05, 3.63) is 40.1 Å². The zero-order valence-corrected chi connectivity index (χ0v) is 14.7. The summed E-state index contributed by atoms with van der Waals surface area (Å²) in [7, 11) is 0. The lowest BCUT2D eigenvalue weighted by Crippen LogP contribution is -2.03. The molecule has 0 unspecified atom stereocenters. The molecule has 6 heteroatoms. The van der Waals surface area contributed by atoms with E-state index in [2.05, 4.69) is 42.2 Å². The third kappa shape index (κ3) is 4.88. The van der Waals surface area contributed by atoms with Crippen LogP contribution >= 0.6 is 24.0 Å². The van der Waals surface area contributed by atoms with Crippen LogP contribution in [0.5, 0.6) is 5.75 Å². The number of hydrogen-bond donors (Lipinski definition) is 1. The molecule has 0 saturated heterocycles. The molecule has 1 aromatic carbocycles. The summed E-state index contributed by atoms with van der Waals surface area (Å²) in [5, 5.41) is 6.60. The van der Waals surface area contributed by atoms with Crippen molar-refractivity contribution in [1.82, 2.24) is 10.2 Å². The van der Waals surface area contributed by atoms with Crippen LogP contribution in [0.1, 0.15) is 37.3 Å². The second-order valence-electron chi connectivity index (χ2n) is 4.86. The number of H-pyrrole nitrogens is 1. The van der Waals surface area contributed by atoms with E-state index in [1.165, 1.54) is 11.1 Å². The highest BCUT2D eigenvalue weighted by atomic mass is 32.2. The first-order chi connectivity index (χ1) is 10.7. The number of rotatable bonds is 9. The van der Waals surface area contributed by atoms with E-state index < -0.39 is 0 Å². The summed E-state index contributed by atoms with van der Waals surface area (Å²) >= 11 is 6.61. The van der Waals surface area contributed by atoms with Crippen molar-refractivity contribution in [1.29, 1.82) is 0 Å². The van der Waals surface area contributed by atoms with Crippen LogP contribution in [0, 0.1) is 4.84 Å². The number of ether oxygens (including phenoxy) is 1. The van der Waals surface area contributed by atoms with Crippen molar-refractivity contribution in [2.24, 2.45) is 0 Å². The van der Waals surface area contributed by atoms with E-state index in [-0.39, 0.29) is 0 Å². The van der Waals surface area contributed by atoms with E-state index in [9.17, 15) is 0 Å². The third-order valence-electron chi connectivity index (χ3n) is 3.36. The predicted octanol–water partition coefficient (Wildman–Crippen LogP) is 4.56. The standard InChI is InChI=1S/C16H22N2O2S2/c1-3-12-7-5-8-14(13(12)4-2)19-9-6-10-22-11-15-17-18-16(21)20-15/h5,7-8H,3-4,6,9-11H2,1-2H3,(H,18,21). The average Bonchev–Trinajstić information content (AvgIpc) is 2.95. The highest BCUT2D eigenvalue weighted by Gasteiger charge is 2.06. The Labute approximate surface area is 140 Å². The Hall–Kier alpha value is -1.27. The van der Waals surface area contributed by atoms with E-state index in [1.807, 2.05) is 0 Å². The lowest BCUT2D eigenvalue weighted by atomic mass is 10.0. The van der Waals surface area contributed by atoms with Gasteiger partial charge in [-0.15, -0.1) is 5.10 Å². The van der Waals surface area contributed by atoms with Gasteiger partial charge >= 0.3 is 0 Å². The van der Waals surface area contributed by atoms with Gasteiger partial charge in [0.25, 0.3) is 4.84 Å². The number of nitrogens with one attached hydrogen (secondary N) is 1. The third-order valence-corrected chi connectivity index (χ3v) is 4.57. The normalized spacial score (nSPS) is 10.8. The molecule has 2 aromatic rings. The Balaban J connectivity index is 1.71. The molecule has 2 rings (SSSR count). The van der Waals surface area contributed by atoms with Crippen LogP contribution in [0.15, 0.2) is 22.6 Å². The molecule has 0 fully saturated rings. The Kier molecular flexibility index (Phi) is 6.99. The van der Waals surface area contributed by atoms with Crippen molar-refractivity contribution in [3.8, 4) is 5.75 Å². The molecular formula is C16H22N2O2S2. The molecule has 120 valence electrons. The van der Waals surface area contributed by atoms with Crippen LogP contribution in [-0.4, -0.2) is 22.6 Å². The van der Waals surface area contributed by atoms with Gasteiger partial charge in [0.1, 0.15) is 5.75 Å². The van der Waals surface area contributed by atoms with Crippen molar-refractivity contribution in [2.75, 3.05) is 12.4 Å². The molecule has 0 spiro atoms. The SMILES string of the molecule is CCc1cccc(OCCCSCc2n[nH]c(=S)o2)c1CC. The summed E-state index contributed by atoms with van der Waals surface area (Å²) in [5.41, 5.74) is 2.72. The Morgan fingerprint density at radius 3 is 2.86 bits per heavy atom. The van der Waals surface area contributed by atoms with Crippen LogP contribution < -0.4 is 4.74 Å². The predicted molar refractivity (Wildman–Crippen MR) is 93.2 cm³/mol. The molecule has 4 nitrogen and oxygen atoms in total. The van der Waals surface area contributed by atoms with Gasteiger partial charge in [0.2, 0.25) is 5.89 Å². The second-order valence-corrected chi connectivity index (χ2v) is 6.34. The summed E-state index contributed by atoms with van der Waals surface area (Å²) in [4.78, 5) is 0.335. The molecular weight excluding hydrogens is 316 g/mol. The number of nitrogens with zero attached hydrogens (tertiary/aromatic N) is 1. The van der Waals surface area contributed by atoms with Gasteiger partial charge in [-0.05, 0) is 54.4 Å². The Bertz CT molecular complexity index is 637. The summed E-state index contributed by atoms with van der Waals surface area (Å²) in [5.74, 6) is 3.42. The topological polar surface area (TPSA) is 51.0 Å². The first-order valence-corrected chi connectivity index (χ1v) is 9.16. The monoisotopic (exact) mass is 338 g/mol. The molecule has 0 saturated carbocycles. The zero-order chi connectivity index (χ0) is 15.8. The molecule has 0 radical (unpaired) electrons. The van der Waals surface area contributed by atoms with E-state index in [4.69, 9.17) is 21.4 Å². The maximum absolute atomic E-state index is 5.95. The van der Waals surface area contributed by atoms with E-state index >= 15 is 0 Å². The number of hydrogen-bond acceptors (Lipinski definition) is 5. The second kappa shape index (κ2) is 9.00. The maximum atomic E-state index is 5.95. The molecule has 0 atom stereocenters. The lowest BCUT2D eigenvalue weighted by molar-refractivity contribution is 0.315. The molecule has 0 aliphatic carbocycles. The Morgan fingerprint density at radius 2 is 2.18 bits per heavy atom. The number of aromatic amines is 1. The smallest absolute Gasteiger partial charge is 0.284 e. The quantitative estimate of drug-likeness (QED) is 0.536. The van der Waals surface area contributed by atoms with Gasteiger partial charge in [0.05, 0.1) is 12.4 Å². The molecule has 1 heterocycles. The molecule has 1 aromatic heterocycles. The fourth-order valence-electron chi connectivity index (χ4n) is 2.30. The number of aromatic nitrogens is 2. The van der Waals surface area contributed by atoms with E-state index in [1.54, 1.807) is 11.8 Å². The van der Waals surface area contributed by atoms with Crippen LogP contribution in [0.2, 0.25) is 0 Å². The first kappa shape index (κ1) is 17.1. The summed E-state index contributed by atoms with van der Waals surface area (Å²) < 4.78 is 11.2. The van der Waals surface area contributed by atoms with Crippen molar-refractivity contribution >= 4 is 24.0 Å². The summed E-state index contributed by atoms with van der Waals surface area (Å²) in [6.45, 7) is 5.10. The minimum Gasteiger partial charge on any atom is -0.493 e. The maximum Gasteiger partial charge on any atom is 0.284 e. The van der Waals surface area contributed by atoms with Gasteiger partial charge < -0.3 is 9.15 Å². The molecule has 0 amide bonds. The zero-order valence-electron chi connectivity index (χ0n) is 13.1.